The lowest BCUT2D eigenvalue weighted by atomic mass is 10.1. The standard InChI is InChI=1S/C33H35F3N8O2/c1-43(2)15-22-14-37-28-25(22)32(45-17-19-8-10-21(11-9-19)30-40-24(16-44(30)3)33(34,35)36)42-29(41-28)26-27(20-12-13-20)38-18-39-31(26)46-23-6-4-5-7-23/h8-11,14,16,18,20,23H,4-7,12-13,15,17H2,1-3H3,(H,37,41,42). The van der Waals surface area contributed by atoms with Crippen molar-refractivity contribution in [2.75, 3.05) is 14.1 Å². The summed E-state index contributed by atoms with van der Waals surface area (Å²) in [5.41, 5.74) is 3.70. The molecule has 5 aromatic rings. The third-order valence-electron chi connectivity index (χ3n) is 8.43. The molecule has 2 fully saturated rings. The van der Waals surface area contributed by atoms with Crippen molar-refractivity contribution in [2.24, 2.45) is 7.05 Å². The Hall–Kier alpha value is -4.52. The molecule has 0 aliphatic heterocycles. The second-order valence-corrected chi connectivity index (χ2v) is 12.4. The van der Waals surface area contributed by atoms with Crippen molar-refractivity contribution in [3.63, 3.8) is 0 Å². The minimum Gasteiger partial charge on any atom is -0.474 e. The highest BCUT2D eigenvalue weighted by Crippen LogP contribution is 2.46. The van der Waals surface area contributed by atoms with Gasteiger partial charge in [0.1, 0.15) is 36.1 Å². The van der Waals surface area contributed by atoms with E-state index in [1.165, 1.54) is 4.57 Å². The smallest absolute Gasteiger partial charge is 0.434 e. The van der Waals surface area contributed by atoms with Gasteiger partial charge in [0.15, 0.2) is 11.5 Å². The van der Waals surface area contributed by atoms with Gasteiger partial charge in [-0.3, -0.25) is 0 Å². The number of aromatic nitrogens is 7. The van der Waals surface area contributed by atoms with Crippen molar-refractivity contribution in [3.8, 4) is 34.5 Å². The van der Waals surface area contributed by atoms with E-state index in [1.807, 2.05) is 32.4 Å². The zero-order chi connectivity index (χ0) is 32.0. The third-order valence-corrected chi connectivity index (χ3v) is 8.43. The van der Waals surface area contributed by atoms with Gasteiger partial charge in [-0.05, 0) is 63.7 Å². The molecule has 10 nitrogen and oxygen atoms in total. The maximum atomic E-state index is 13.2. The Morgan fingerprint density at radius 1 is 0.978 bits per heavy atom. The number of ether oxygens (including phenoxy) is 2. The van der Waals surface area contributed by atoms with Crippen molar-refractivity contribution in [3.05, 3.63) is 65.5 Å². The van der Waals surface area contributed by atoms with Crippen LogP contribution in [-0.2, 0) is 26.4 Å². The molecule has 1 aromatic carbocycles. The summed E-state index contributed by atoms with van der Waals surface area (Å²) in [6.07, 6.45) is 6.40. The molecular formula is C33H35F3N8O2. The summed E-state index contributed by atoms with van der Waals surface area (Å²) < 4.78 is 53.8. The number of H-pyrrole nitrogens is 1. The van der Waals surface area contributed by atoms with Crippen LogP contribution in [0.1, 0.15) is 67.0 Å². The predicted molar refractivity (Wildman–Crippen MR) is 165 cm³/mol. The van der Waals surface area contributed by atoms with E-state index < -0.39 is 11.9 Å². The first-order valence-corrected chi connectivity index (χ1v) is 15.5. The topological polar surface area (TPSA) is 107 Å². The van der Waals surface area contributed by atoms with Gasteiger partial charge in [0.25, 0.3) is 0 Å². The molecule has 0 saturated heterocycles. The van der Waals surface area contributed by atoms with E-state index in [0.29, 0.717) is 46.8 Å². The Balaban J connectivity index is 1.23. The summed E-state index contributed by atoms with van der Waals surface area (Å²) in [5, 5.41) is 0.782. The van der Waals surface area contributed by atoms with Gasteiger partial charge in [-0.25, -0.2) is 19.9 Å². The van der Waals surface area contributed by atoms with Crippen LogP contribution in [0.5, 0.6) is 11.8 Å². The molecule has 240 valence electrons. The molecule has 0 bridgehead atoms. The number of imidazole rings is 1. The van der Waals surface area contributed by atoms with Gasteiger partial charge in [-0.2, -0.15) is 18.2 Å². The SMILES string of the molecule is CN(C)Cc1c[nH]c2nc(-c3c(OC4CCCC4)ncnc3C3CC3)nc(OCc3ccc(-c4nc(C(F)(F)F)cn4C)cc3)c12. The number of alkyl halides is 3. The lowest BCUT2D eigenvalue weighted by Crippen LogP contribution is -2.14. The molecule has 46 heavy (non-hydrogen) atoms. The number of rotatable bonds is 10. The lowest BCUT2D eigenvalue weighted by Gasteiger charge is -2.17. The minimum atomic E-state index is -4.51. The van der Waals surface area contributed by atoms with Crippen molar-refractivity contribution in [1.82, 2.24) is 39.4 Å². The minimum absolute atomic E-state index is 0.103. The molecule has 0 amide bonds. The molecule has 0 atom stereocenters. The fraction of sp³-hybridized carbons (Fsp3) is 0.424. The van der Waals surface area contributed by atoms with Gasteiger partial charge in [0.05, 0.1) is 11.1 Å². The molecule has 0 spiro atoms. The first-order valence-electron chi connectivity index (χ1n) is 15.5. The third kappa shape index (κ3) is 6.15. The number of aryl methyl sites for hydroxylation is 1. The molecule has 2 aliphatic carbocycles. The molecule has 2 saturated carbocycles. The number of fused-ring (bicyclic) bond motifs is 1. The first-order chi connectivity index (χ1) is 22.1. The first kappa shape index (κ1) is 30.2. The van der Waals surface area contributed by atoms with Gasteiger partial charge in [0, 0.05) is 37.5 Å². The molecule has 1 N–H and O–H groups in total. The second kappa shape index (κ2) is 12.0. The van der Waals surface area contributed by atoms with Gasteiger partial charge in [-0.15, -0.1) is 0 Å². The number of aromatic amines is 1. The number of hydrogen-bond acceptors (Lipinski definition) is 8. The lowest BCUT2D eigenvalue weighted by molar-refractivity contribution is -0.140. The Kier molecular flexibility index (Phi) is 7.87. The van der Waals surface area contributed by atoms with Gasteiger partial charge >= 0.3 is 6.18 Å². The quantitative estimate of drug-likeness (QED) is 0.182. The average Bonchev–Trinajstić information content (AvgIpc) is 3.36. The summed E-state index contributed by atoms with van der Waals surface area (Å²) in [4.78, 5) is 28.3. The monoisotopic (exact) mass is 632 g/mol. The number of benzene rings is 1. The zero-order valence-electron chi connectivity index (χ0n) is 25.9. The molecule has 0 unspecified atom stereocenters. The van der Waals surface area contributed by atoms with Gasteiger partial charge in [0.2, 0.25) is 11.8 Å². The number of halogens is 3. The average molecular weight is 633 g/mol. The van der Waals surface area contributed by atoms with Crippen molar-refractivity contribution in [2.45, 2.75) is 69.9 Å². The van der Waals surface area contributed by atoms with Crippen LogP contribution >= 0.6 is 0 Å². The molecule has 7 rings (SSSR count). The van der Waals surface area contributed by atoms with Crippen LogP contribution in [0.3, 0.4) is 0 Å². The molecular weight excluding hydrogens is 597 g/mol. The van der Waals surface area contributed by atoms with E-state index in [4.69, 9.17) is 19.4 Å². The van der Waals surface area contributed by atoms with Crippen molar-refractivity contribution < 1.29 is 22.6 Å². The molecule has 2 aliphatic rings. The van der Waals surface area contributed by atoms with Crippen LogP contribution in [0.2, 0.25) is 0 Å². The van der Waals surface area contributed by atoms with E-state index >= 15 is 0 Å². The Bertz CT molecular complexity index is 1860. The Labute approximate surface area is 264 Å². The van der Waals surface area contributed by atoms with Crippen LogP contribution in [0, 0.1) is 0 Å². The van der Waals surface area contributed by atoms with E-state index in [9.17, 15) is 13.2 Å². The highest BCUT2D eigenvalue weighted by Gasteiger charge is 2.35. The molecule has 13 heteroatoms. The Morgan fingerprint density at radius 2 is 1.74 bits per heavy atom. The largest absolute Gasteiger partial charge is 0.474 e. The van der Waals surface area contributed by atoms with Gasteiger partial charge < -0.3 is 23.9 Å². The maximum absolute atomic E-state index is 13.2. The highest BCUT2D eigenvalue weighted by molar-refractivity contribution is 5.87. The fourth-order valence-electron chi connectivity index (χ4n) is 6.03. The molecule has 4 heterocycles. The van der Waals surface area contributed by atoms with Crippen LogP contribution in [0.4, 0.5) is 13.2 Å². The van der Waals surface area contributed by atoms with Gasteiger partial charge in [-0.1, -0.05) is 24.3 Å². The molecule has 4 aromatic heterocycles. The van der Waals surface area contributed by atoms with Crippen molar-refractivity contribution >= 4 is 11.0 Å². The van der Waals surface area contributed by atoms with Crippen LogP contribution < -0.4 is 9.47 Å². The molecule has 0 radical (unpaired) electrons. The predicted octanol–water partition coefficient (Wildman–Crippen LogP) is 6.67. The van der Waals surface area contributed by atoms with Crippen LogP contribution in [0.15, 0.2) is 43.0 Å². The fourth-order valence-corrected chi connectivity index (χ4v) is 6.03. The van der Waals surface area contributed by atoms with Crippen LogP contribution in [-0.4, -0.2) is 59.6 Å². The summed E-state index contributed by atoms with van der Waals surface area (Å²) in [6.45, 7) is 0.828. The maximum Gasteiger partial charge on any atom is 0.434 e. The zero-order valence-corrected chi connectivity index (χ0v) is 25.9. The van der Waals surface area contributed by atoms with Crippen LogP contribution in [0.25, 0.3) is 33.8 Å². The van der Waals surface area contributed by atoms with E-state index in [1.54, 1.807) is 25.5 Å². The number of nitrogens with zero attached hydrogens (tertiary/aromatic N) is 7. The number of nitrogens with one attached hydrogen (secondary N) is 1. The van der Waals surface area contributed by atoms with E-state index in [2.05, 4.69) is 24.8 Å². The van der Waals surface area contributed by atoms with E-state index in [0.717, 1.165) is 66.9 Å². The summed E-state index contributed by atoms with van der Waals surface area (Å²) in [7, 11) is 5.53. The van der Waals surface area contributed by atoms with E-state index in [-0.39, 0.29) is 18.5 Å². The summed E-state index contributed by atoms with van der Waals surface area (Å²) >= 11 is 0. The second-order valence-electron chi connectivity index (χ2n) is 12.4. The number of hydrogen-bond donors (Lipinski definition) is 1. The highest BCUT2D eigenvalue weighted by atomic mass is 19.4. The Morgan fingerprint density at radius 3 is 2.41 bits per heavy atom. The van der Waals surface area contributed by atoms with Crippen molar-refractivity contribution in [1.29, 1.82) is 0 Å². The summed E-state index contributed by atoms with van der Waals surface area (Å²) in [6, 6.07) is 7.12. The summed E-state index contributed by atoms with van der Waals surface area (Å²) in [5.74, 6) is 1.91. The normalized spacial score (nSPS) is 15.7.